The van der Waals surface area contributed by atoms with Gasteiger partial charge in [0.15, 0.2) is 0 Å². The fourth-order valence-electron chi connectivity index (χ4n) is 1.77. The third kappa shape index (κ3) is 3.10. The minimum Gasteiger partial charge on any atom is -0.508 e. The van der Waals surface area contributed by atoms with E-state index in [1.54, 1.807) is 31.2 Å². The van der Waals surface area contributed by atoms with Crippen LogP contribution in [0.2, 0.25) is 0 Å². The van der Waals surface area contributed by atoms with Crippen LogP contribution in [0.25, 0.3) is 0 Å². The van der Waals surface area contributed by atoms with Crippen LogP contribution < -0.4 is 5.32 Å². The van der Waals surface area contributed by atoms with Crippen LogP contribution in [-0.4, -0.2) is 11.0 Å². The lowest BCUT2D eigenvalue weighted by Gasteiger charge is -2.09. The van der Waals surface area contributed by atoms with Crippen LogP contribution in [0.4, 0.5) is 10.1 Å². The number of rotatable bonds is 3. The zero-order valence-electron chi connectivity index (χ0n) is 10.5. The topological polar surface area (TPSA) is 49.3 Å². The first-order valence-electron chi connectivity index (χ1n) is 5.90. The lowest BCUT2D eigenvalue weighted by molar-refractivity contribution is -0.115. The van der Waals surface area contributed by atoms with Crippen molar-refractivity contribution in [3.8, 4) is 5.75 Å². The second-order valence-corrected chi connectivity index (χ2v) is 4.27. The monoisotopic (exact) mass is 259 g/mol. The zero-order chi connectivity index (χ0) is 13.8. The van der Waals surface area contributed by atoms with E-state index in [-0.39, 0.29) is 23.9 Å². The molecule has 98 valence electrons. The summed E-state index contributed by atoms with van der Waals surface area (Å²) in [5.74, 6) is -0.579. The molecule has 0 saturated heterocycles. The van der Waals surface area contributed by atoms with Gasteiger partial charge in [-0.1, -0.05) is 24.3 Å². The highest BCUT2D eigenvalue weighted by Gasteiger charge is 2.10. The fourth-order valence-corrected chi connectivity index (χ4v) is 1.77. The molecule has 0 spiro atoms. The van der Waals surface area contributed by atoms with Gasteiger partial charge in [-0.3, -0.25) is 4.79 Å². The van der Waals surface area contributed by atoms with Gasteiger partial charge in [0.05, 0.1) is 6.42 Å². The Balaban J connectivity index is 2.10. The molecule has 0 bridgehead atoms. The van der Waals surface area contributed by atoms with Gasteiger partial charge in [0.25, 0.3) is 0 Å². The highest BCUT2D eigenvalue weighted by Crippen LogP contribution is 2.19. The lowest BCUT2D eigenvalue weighted by atomic mass is 10.1. The Morgan fingerprint density at radius 2 is 1.95 bits per heavy atom. The van der Waals surface area contributed by atoms with E-state index in [0.29, 0.717) is 16.8 Å². The van der Waals surface area contributed by atoms with Crippen LogP contribution in [0.1, 0.15) is 11.1 Å². The van der Waals surface area contributed by atoms with Crippen LogP contribution in [0.3, 0.4) is 0 Å². The summed E-state index contributed by atoms with van der Waals surface area (Å²) in [6.07, 6.45) is 0.0443. The molecule has 0 aliphatic heterocycles. The number of hydrogen-bond acceptors (Lipinski definition) is 2. The fraction of sp³-hybridized carbons (Fsp3) is 0.133. The Hall–Kier alpha value is -2.36. The maximum atomic E-state index is 13.3. The number of benzene rings is 2. The molecule has 0 aromatic heterocycles. The van der Waals surface area contributed by atoms with Crippen LogP contribution in [0, 0.1) is 12.7 Å². The van der Waals surface area contributed by atoms with Gasteiger partial charge in [-0.15, -0.1) is 0 Å². The highest BCUT2D eigenvalue weighted by molar-refractivity contribution is 5.93. The molecule has 0 atom stereocenters. The van der Waals surface area contributed by atoms with Crippen LogP contribution in [0.15, 0.2) is 42.5 Å². The van der Waals surface area contributed by atoms with Crippen LogP contribution >= 0.6 is 0 Å². The normalized spacial score (nSPS) is 10.2. The van der Waals surface area contributed by atoms with E-state index in [4.69, 9.17) is 0 Å². The number of anilines is 1. The van der Waals surface area contributed by atoms with Crippen molar-refractivity contribution >= 4 is 11.6 Å². The second-order valence-electron chi connectivity index (χ2n) is 4.27. The molecule has 1 amide bonds. The van der Waals surface area contributed by atoms with E-state index in [9.17, 15) is 14.3 Å². The maximum absolute atomic E-state index is 13.3. The van der Waals surface area contributed by atoms with Gasteiger partial charge in [-0.25, -0.2) is 4.39 Å². The average Bonchev–Trinajstić information content (AvgIpc) is 2.38. The van der Waals surface area contributed by atoms with Crippen molar-refractivity contribution in [1.29, 1.82) is 0 Å². The minimum atomic E-state index is -0.361. The number of carbonyl (C=O) groups excluding carboxylic acids is 1. The Labute approximate surface area is 110 Å². The van der Waals surface area contributed by atoms with Gasteiger partial charge in [0.1, 0.15) is 11.6 Å². The number of amides is 1. The summed E-state index contributed by atoms with van der Waals surface area (Å²) in [6.45, 7) is 1.60. The largest absolute Gasteiger partial charge is 0.508 e. The Kier molecular flexibility index (Phi) is 3.80. The first kappa shape index (κ1) is 13.1. The van der Waals surface area contributed by atoms with Crippen molar-refractivity contribution in [1.82, 2.24) is 0 Å². The predicted octanol–water partition coefficient (Wildman–Crippen LogP) is 3.02. The number of hydrogen-bond donors (Lipinski definition) is 2. The number of halogens is 1. The SMILES string of the molecule is Cc1c(F)cccc1NC(=O)Cc1ccccc1O. The van der Waals surface area contributed by atoms with Gasteiger partial charge in [-0.05, 0) is 25.1 Å². The summed E-state index contributed by atoms with van der Waals surface area (Å²) in [7, 11) is 0. The summed E-state index contributed by atoms with van der Waals surface area (Å²) in [4.78, 5) is 11.9. The molecule has 2 aromatic carbocycles. The van der Waals surface area contributed by atoms with Crippen molar-refractivity contribution in [3.05, 3.63) is 59.4 Å². The lowest BCUT2D eigenvalue weighted by Crippen LogP contribution is -2.15. The standard InChI is InChI=1S/C15H14FNO2/c1-10-12(16)6-4-7-13(10)17-15(19)9-11-5-2-3-8-14(11)18/h2-8,18H,9H2,1H3,(H,17,19). The quantitative estimate of drug-likeness (QED) is 0.890. The van der Waals surface area contributed by atoms with Crippen molar-refractivity contribution in [2.45, 2.75) is 13.3 Å². The number of phenols is 1. The molecule has 0 aliphatic carbocycles. The number of aromatic hydroxyl groups is 1. The molecule has 0 aliphatic rings. The van der Waals surface area contributed by atoms with Crippen molar-refractivity contribution in [2.75, 3.05) is 5.32 Å². The minimum absolute atomic E-state index is 0.0443. The first-order chi connectivity index (χ1) is 9.08. The van der Waals surface area contributed by atoms with E-state index in [2.05, 4.69) is 5.32 Å². The van der Waals surface area contributed by atoms with Gasteiger partial charge in [-0.2, -0.15) is 0 Å². The zero-order valence-corrected chi connectivity index (χ0v) is 10.5. The van der Waals surface area contributed by atoms with E-state index in [1.807, 2.05) is 0 Å². The summed E-state index contributed by atoms with van der Waals surface area (Å²) in [5.41, 5.74) is 1.38. The molecular weight excluding hydrogens is 245 g/mol. The summed E-state index contributed by atoms with van der Waals surface area (Å²) < 4.78 is 13.3. The number of para-hydroxylation sites is 1. The van der Waals surface area contributed by atoms with Crippen LogP contribution in [0.5, 0.6) is 5.75 Å². The number of carbonyl (C=O) groups is 1. The Bertz CT molecular complexity index is 611. The van der Waals surface area contributed by atoms with Gasteiger partial charge < -0.3 is 10.4 Å². The molecule has 2 rings (SSSR count). The van der Waals surface area contributed by atoms with Crippen LogP contribution in [-0.2, 0) is 11.2 Å². The molecule has 19 heavy (non-hydrogen) atoms. The molecule has 0 saturated carbocycles. The Morgan fingerprint density at radius 3 is 2.68 bits per heavy atom. The number of phenolic OH excluding ortho intramolecular Hbond substituents is 1. The summed E-state index contributed by atoms with van der Waals surface area (Å²) in [5, 5.41) is 12.2. The van der Waals surface area contributed by atoms with E-state index in [1.165, 1.54) is 18.2 Å². The second kappa shape index (κ2) is 5.52. The maximum Gasteiger partial charge on any atom is 0.228 e. The van der Waals surface area contributed by atoms with Crippen molar-refractivity contribution in [3.63, 3.8) is 0 Å². The van der Waals surface area contributed by atoms with Gasteiger partial charge >= 0.3 is 0 Å². The molecule has 2 N–H and O–H groups in total. The Morgan fingerprint density at radius 1 is 1.21 bits per heavy atom. The number of nitrogens with one attached hydrogen (secondary N) is 1. The van der Waals surface area contributed by atoms with E-state index >= 15 is 0 Å². The smallest absolute Gasteiger partial charge is 0.228 e. The first-order valence-corrected chi connectivity index (χ1v) is 5.90. The molecule has 3 nitrogen and oxygen atoms in total. The van der Waals surface area contributed by atoms with Crippen molar-refractivity contribution < 1.29 is 14.3 Å². The molecule has 4 heteroatoms. The van der Waals surface area contributed by atoms with Crippen molar-refractivity contribution in [2.24, 2.45) is 0 Å². The summed E-state index contributed by atoms with van der Waals surface area (Å²) in [6, 6.07) is 11.2. The van der Waals surface area contributed by atoms with E-state index in [0.717, 1.165) is 0 Å². The third-order valence-electron chi connectivity index (χ3n) is 2.88. The molecule has 2 aromatic rings. The molecular formula is C15H14FNO2. The third-order valence-corrected chi connectivity index (χ3v) is 2.88. The van der Waals surface area contributed by atoms with E-state index < -0.39 is 0 Å². The van der Waals surface area contributed by atoms with Gasteiger partial charge in [0.2, 0.25) is 5.91 Å². The predicted molar refractivity (Wildman–Crippen MR) is 71.6 cm³/mol. The van der Waals surface area contributed by atoms with Gasteiger partial charge in [0, 0.05) is 16.8 Å². The average molecular weight is 259 g/mol. The summed E-state index contributed by atoms with van der Waals surface area (Å²) >= 11 is 0. The highest BCUT2D eigenvalue weighted by atomic mass is 19.1. The molecule has 0 heterocycles. The molecule has 0 fully saturated rings. The molecule has 0 unspecified atom stereocenters. The molecule has 0 radical (unpaired) electrons.